The number of carbonyl (C=O) groups is 1. The Balaban J connectivity index is 1.58. The van der Waals surface area contributed by atoms with Gasteiger partial charge in [-0.25, -0.2) is 0 Å². The quantitative estimate of drug-likeness (QED) is 0.715. The highest BCUT2D eigenvalue weighted by molar-refractivity contribution is 5.95. The number of aromatic amines is 1. The van der Waals surface area contributed by atoms with Crippen LogP contribution < -0.4 is 5.32 Å². The van der Waals surface area contributed by atoms with Crippen LogP contribution in [-0.2, 0) is 13.0 Å². The van der Waals surface area contributed by atoms with E-state index in [0.717, 1.165) is 43.6 Å². The molecule has 2 aromatic rings. The van der Waals surface area contributed by atoms with Crippen LogP contribution in [0.15, 0.2) is 18.5 Å². The van der Waals surface area contributed by atoms with Gasteiger partial charge in [0.2, 0.25) is 0 Å². The molecule has 1 aliphatic rings. The molecule has 130 valence electrons. The van der Waals surface area contributed by atoms with Crippen LogP contribution in [0, 0.1) is 12.8 Å². The Hall–Kier alpha value is -2.15. The van der Waals surface area contributed by atoms with Crippen molar-refractivity contribution < 1.29 is 9.90 Å². The molecule has 0 saturated heterocycles. The molecule has 7 nitrogen and oxygen atoms in total. The average Bonchev–Trinajstić information content (AvgIpc) is 3.28. The van der Waals surface area contributed by atoms with Crippen molar-refractivity contribution in [2.75, 3.05) is 6.61 Å². The normalized spacial score (nSPS) is 20.4. The topological polar surface area (TPSA) is 95.8 Å². The number of rotatable bonds is 7. The maximum Gasteiger partial charge on any atom is 0.253 e. The summed E-state index contributed by atoms with van der Waals surface area (Å²) in [5, 5.41) is 20.4. The second-order valence-corrected chi connectivity index (χ2v) is 6.55. The Labute approximate surface area is 141 Å². The van der Waals surface area contributed by atoms with Crippen molar-refractivity contribution in [3.05, 3.63) is 35.4 Å². The second-order valence-electron chi connectivity index (χ2n) is 6.55. The molecule has 0 aromatic carbocycles. The first-order valence-corrected chi connectivity index (χ1v) is 8.62. The van der Waals surface area contributed by atoms with Crippen molar-refractivity contribution in [2.45, 2.75) is 51.6 Å². The van der Waals surface area contributed by atoms with E-state index >= 15 is 0 Å². The third-order valence-corrected chi connectivity index (χ3v) is 4.77. The number of carbonyl (C=O) groups excluding carboxylic acids is 1. The molecule has 3 N–H and O–H groups in total. The van der Waals surface area contributed by atoms with E-state index in [1.54, 1.807) is 6.20 Å². The number of aromatic nitrogens is 4. The molecule has 2 atom stereocenters. The first-order valence-electron chi connectivity index (χ1n) is 8.62. The van der Waals surface area contributed by atoms with Crippen molar-refractivity contribution in [2.24, 2.45) is 5.92 Å². The highest BCUT2D eigenvalue weighted by atomic mass is 16.2. The summed E-state index contributed by atoms with van der Waals surface area (Å²) < 4.78 is 1.86. The fourth-order valence-electron chi connectivity index (χ4n) is 3.43. The van der Waals surface area contributed by atoms with Gasteiger partial charge in [0.15, 0.2) is 0 Å². The van der Waals surface area contributed by atoms with Gasteiger partial charge in [0, 0.05) is 37.3 Å². The summed E-state index contributed by atoms with van der Waals surface area (Å²) in [6.45, 7) is 2.84. The molecule has 2 heterocycles. The number of amides is 1. The molecule has 24 heavy (non-hydrogen) atoms. The van der Waals surface area contributed by atoms with E-state index < -0.39 is 0 Å². The molecule has 2 aromatic heterocycles. The van der Waals surface area contributed by atoms with Crippen LogP contribution in [0.1, 0.15) is 47.4 Å². The van der Waals surface area contributed by atoms with E-state index in [-0.39, 0.29) is 18.6 Å². The molecule has 1 saturated carbocycles. The first kappa shape index (κ1) is 16.7. The third-order valence-electron chi connectivity index (χ3n) is 4.77. The van der Waals surface area contributed by atoms with Crippen LogP contribution in [-0.4, -0.2) is 43.6 Å². The number of nitrogens with zero attached hydrogens (tertiary/aromatic N) is 3. The predicted molar refractivity (Wildman–Crippen MR) is 89.6 cm³/mol. The highest BCUT2D eigenvalue weighted by Gasteiger charge is 2.29. The molecule has 3 rings (SSSR count). The summed E-state index contributed by atoms with van der Waals surface area (Å²) in [4.78, 5) is 15.5. The zero-order chi connectivity index (χ0) is 16.9. The van der Waals surface area contributed by atoms with Gasteiger partial charge in [-0.1, -0.05) is 11.6 Å². The van der Waals surface area contributed by atoms with Crippen LogP contribution in [0.3, 0.4) is 0 Å². The summed E-state index contributed by atoms with van der Waals surface area (Å²) >= 11 is 0. The van der Waals surface area contributed by atoms with Gasteiger partial charge in [0.25, 0.3) is 5.91 Å². The maximum atomic E-state index is 12.4. The van der Waals surface area contributed by atoms with Crippen molar-refractivity contribution in [1.29, 1.82) is 0 Å². The number of hydrogen-bond donors (Lipinski definition) is 3. The molecule has 1 amide bonds. The minimum atomic E-state index is -0.00660. The molecular weight excluding hydrogens is 306 g/mol. The number of nitrogens with one attached hydrogen (secondary N) is 2. The summed E-state index contributed by atoms with van der Waals surface area (Å²) in [5.41, 5.74) is 2.52. The van der Waals surface area contributed by atoms with Crippen LogP contribution >= 0.6 is 0 Å². The molecule has 1 aliphatic carbocycles. The Kier molecular flexibility index (Phi) is 5.30. The van der Waals surface area contributed by atoms with Gasteiger partial charge in [-0.05, 0) is 44.6 Å². The van der Waals surface area contributed by atoms with Gasteiger partial charge >= 0.3 is 0 Å². The molecule has 0 unspecified atom stereocenters. The molecule has 0 bridgehead atoms. The largest absolute Gasteiger partial charge is 0.396 e. The lowest BCUT2D eigenvalue weighted by Gasteiger charge is -2.20. The molecular formula is C17H25N5O2. The Morgan fingerprint density at radius 2 is 2.38 bits per heavy atom. The lowest BCUT2D eigenvalue weighted by atomic mass is 10.0. The van der Waals surface area contributed by atoms with E-state index in [9.17, 15) is 4.79 Å². The highest BCUT2D eigenvalue weighted by Crippen LogP contribution is 2.27. The predicted octanol–water partition coefficient (Wildman–Crippen LogP) is 1.44. The van der Waals surface area contributed by atoms with Crippen LogP contribution in [0.2, 0.25) is 0 Å². The Morgan fingerprint density at radius 3 is 3.12 bits per heavy atom. The van der Waals surface area contributed by atoms with E-state index in [0.29, 0.717) is 17.9 Å². The molecule has 1 fully saturated rings. The number of aliphatic hydroxyl groups excluding tert-OH is 1. The standard InChI is InChI=1S/C17H25N5O2/c1-12-15(7-8-18-12)17(24)19-16-6-2-4-13(16)10-22-11-14(20-21-22)5-3-9-23/h7-8,11,13,16,18,23H,2-6,9-10H2,1H3,(H,19,24)/t13-,16-/m1/s1. The summed E-state index contributed by atoms with van der Waals surface area (Å²) in [6.07, 6.45) is 8.40. The van der Waals surface area contributed by atoms with Gasteiger partial charge < -0.3 is 15.4 Å². The van der Waals surface area contributed by atoms with E-state index in [2.05, 4.69) is 20.6 Å². The first-order chi connectivity index (χ1) is 11.7. The Bertz CT molecular complexity index is 678. The monoisotopic (exact) mass is 331 g/mol. The van der Waals surface area contributed by atoms with Crippen molar-refractivity contribution in [3.8, 4) is 0 Å². The fourth-order valence-corrected chi connectivity index (χ4v) is 3.43. The van der Waals surface area contributed by atoms with Gasteiger partial charge in [-0.2, -0.15) is 0 Å². The van der Waals surface area contributed by atoms with Crippen molar-refractivity contribution in [1.82, 2.24) is 25.3 Å². The van der Waals surface area contributed by atoms with Gasteiger partial charge in [-0.3, -0.25) is 9.48 Å². The lowest BCUT2D eigenvalue weighted by molar-refractivity contribution is 0.0924. The SMILES string of the molecule is Cc1[nH]ccc1C(=O)N[C@@H]1CCC[C@@H]1Cn1cc(CCCO)nn1. The minimum absolute atomic E-state index is 0.00660. The smallest absolute Gasteiger partial charge is 0.253 e. The number of aliphatic hydroxyl groups is 1. The second kappa shape index (κ2) is 7.61. The fraction of sp³-hybridized carbons (Fsp3) is 0.588. The van der Waals surface area contributed by atoms with Gasteiger partial charge in [-0.15, -0.1) is 5.10 Å². The average molecular weight is 331 g/mol. The van der Waals surface area contributed by atoms with E-state index in [4.69, 9.17) is 5.11 Å². The van der Waals surface area contributed by atoms with E-state index in [1.165, 1.54) is 0 Å². The number of H-pyrrole nitrogens is 1. The van der Waals surface area contributed by atoms with Gasteiger partial charge in [0.1, 0.15) is 0 Å². The minimum Gasteiger partial charge on any atom is -0.396 e. The maximum absolute atomic E-state index is 12.4. The number of aryl methyl sites for hydroxylation is 2. The van der Waals surface area contributed by atoms with E-state index in [1.807, 2.05) is 23.9 Å². The summed E-state index contributed by atoms with van der Waals surface area (Å²) in [5.74, 6) is 0.369. The zero-order valence-corrected chi connectivity index (χ0v) is 14.0. The molecule has 0 aliphatic heterocycles. The Morgan fingerprint density at radius 1 is 1.50 bits per heavy atom. The molecule has 7 heteroatoms. The zero-order valence-electron chi connectivity index (χ0n) is 14.0. The summed E-state index contributed by atoms with van der Waals surface area (Å²) in [6, 6.07) is 2.00. The van der Waals surface area contributed by atoms with Crippen LogP contribution in [0.5, 0.6) is 0 Å². The lowest BCUT2D eigenvalue weighted by Crippen LogP contribution is -2.39. The molecule has 0 radical (unpaired) electrons. The van der Waals surface area contributed by atoms with Gasteiger partial charge in [0.05, 0.1) is 11.3 Å². The van der Waals surface area contributed by atoms with Crippen LogP contribution in [0.4, 0.5) is 0 Å². The van der Waals surface area contributed by atoms with Crippen molar-refractivity contribution in [3.63, 3.8) is 0 Å². The molecule has 0 spiro atoms. The summed E-state index contributed by atoms with van der Waals surface area (Å²) in [7, 11) is 0. The number of hydrogen-bond acceptors (Lipinski definition) is 4. The third kappa shape index (κ3) is 3.84. The van der Waals surface area contributed by atoms with Crippen LogP contribution in [0.25, 0.3) is 0 Å². The van der Waals surface area contributed by atoms with Crippen molar-refractivity contribution >= 4 is 5.91 Å².